The van der Waals surface area contributed by atoms with Crippen LogP contribution in [-0.4, -0.2) is 20.5 Å². The molecule has 0 bridgehead atoms. The van der Waals surface area contributed by atoms with E-state index in [1.54, 1.807) is 13.0 Å². The van der Waals surface area contributed by atoms with Crippen molar-refractivity contribution in [2.45, 2.75) is 63.1 Å². The molecular weight excluding hydrogens is 276 g/mol. The number of sulfonamides is 1. The maximum atomic E-state index is 12.3. The van der Waals surface area contributed by atoms with Crippen molar-refractivity contribution in [2.75, 3.05) is 0 Å². The van der Waals surface area contributed by atoms with Gasteiger partial charge in [0.2, 0.25) is 10.0 Å². The van der Waals surface area contributed by atoms with E-state index in [0.29, 0.717) is 30.0 Å². The minimum absolute atomic E-state index is 0.104. The average molecular weight is 298 g/mol. The lowest BCUT2D eigenvalue weighted by Crippen LogP contribution is -2.27. The molecule has 112 valence electrons. The Bertz CT molecular complexity index is 590. The van der Waals surface area contributed by atoms with Gasteiger partial charge in [-0.25, -0.2) is 13.1 Å². The fraction of sp³-hybridized carbons (Fsp3) is 0.714. The van der Waals surface area contributed by atoms with E-state index >= 15 is 0 Å². The summed E-state index contributed by atoms with van der Waals surface area (Å²) in [6, 6.07) is 2.33. The highest BCUT2D eigenvalue weighted by molar-refractivity contribution is 7.89. The van der Waals surface area contributed by atoms with E-state index in [0.717, 1.165) is 12.8 Å². The van der Waals surface area contributed by atoms with Gasteiger partial charge in [-0.3, -0.25) is 0 Å². The quantitative estimate of drug-likeness (QED) is 0.807. The molecule has 6 heteroatoms. The molecule has 2 atom stereocenters. The van der Waals surface area contributed by atoms with Gasteiger partial charge in [0, 0.05) is 18.2 Å². The third kappa shape index (κ3) is 3.07. The number of rotatable bonds is 7. The molecule has 0 aromatic carbocycles. The lowest BCUT2D eigenvalue weighted by atomic mass is 10.3. The molecule has 2 N–H and O–H groups in total. The largest absolute Gasteiger partial charge is 0.464 e. The summed E-state index contributed by atoms with van der Waals surface area (Å²) in [5.74, 6) is 1.66. The first-order chi connectivity index (χ1) is 9.49. The molecule has 2 unspecified atom stereocenters. The molecule has 0 saturated heterocycles. The Hall–Kier alpha value is -0.850. The van der Waals surface area contributed by atoms with Crippen LogP contribution in [0.5, 0.6) is 0 Å². The topological polar surface area (TPSA) is 71.3 Å². The van der Waals surface area contributed by atoms with Crippen LogP contribution < -0.4 is 10.0 Å². The minimum atomic E-state index is -3.44. The van der Waals surface area contributed by atoms with Crippen LogP contribution in [0.25, 0.3) is 0 Å². The first-order valence-electron chi connectivity index (χ1n) is 7.34. The Balaban J connectivity index is 1.68. The molecule has 1 heterocycles. The van der Waals surface area contributed by atoms with Gasteiger partial charge in [0.05, 0.1) is 6.54 Å². The molecule has 5 nitrogen and oxygen atoms in total. The molecule has 20 heavy (non-hydrogen) atoms. The maximum Gasteiger partial charge on any atom is 0.244 e. The van der Waals surface area contributed by atoms with E-state index in [-0.39, 0.29) is 10.9 Å². The van der Waals surface area contributed by atoms with Crippen molar-refractivity contribution in [3.8, 4) is 0 Å². The second-order valence-corrected chi connectivity index (χ2v) is 7.60. The fourth-order valence-electron chi connectivity index (χ4n) is 2.52. The SMILES string of the molecule is CCC1CC1NS(=O)(=O)c1cc(CNC2CC2)oc1C. The fourth-order valence-corrected chi connectivity index (χ4v) is 4.04. The summed E-state index contributed by atoms with van der Waals surface area (Å²) in [4.78, 5) is 0.284. The van der Waals surface area contributed by atoms with Crippen LogP contribution in [0.4, 0.5) is 0 Å². The highest BCUT2D eigenvalue weighted by atomic mass is 32.2. The van der Waals surface area contributed by atoms with Crippen LogP contribution in [0, 0.1) is 12.8 Å². The van der Waals surface area contributed by atoms with Gasteiger partial charge < -0.3 is 9.73 Å². The molecule has 0 spiro atoms. The van der Waals surface area contributed by atoms with E-state index in [9.17, 15) is 8.42 Å². The van der Waals surface area contributed by atoms with Crippen molar-refractivity contribution in [1.29, 1.82) is 0 Å². The number of furan rings is 1. The third-order valence-corrected chi connectivity index (χ3v) is 5.71. The number of nitrogens with one attached hydrogen (secondary N) is 2. The smallest absolute Gasteiger partial charge is 0.244 e. The van der Waals surface area contributed by atoms with Crippen LogP contribution in [0.1, 0.15) is 44.1 Å². The summed E-state index contributed by atoms with van der Waals surface area (Å²) in [7, 11) is -3.44. The van der Waals surface area contributed by atoms with Gasteiger partial charge in [-0.1, -0.05) is 13.3 Å². The van der Waals surface area contributed by atoms with Gasteiger partial charge in [-0.15, -0.1) is 0 Å². The van der Waals surface area contributed by atoms with Crippen LogP contribution in [0.3, 0.4) is 0 Å². The van der Waals surface area contributed by atoms with E-state index in [1.807, 2.05) is 0 Å². The van der Waals surface area contributed by atoms with E-state index in [4.69, 9.17) is 4.42 Å². The van der Waals surface area contributed by atoms with E-state index in [2.05, 4.69) is 17.0 Å². The normalized spacial score (nSPS) is 25.9. The van der Waals surface area contributed by atoms with Gasteiger partial charge in [0.15, 0.2) is 0 Å². The molecule has 1 aromatic heterocycles. The zero-order chi connectivity index (χ0) is 14.3. The second kappa shape index (κ2) is 5.16. The van der Waals surface area contributed by atoms with Crippen LogP contribution in [0.2, 0.25) is 0 Å². The van der Waals surface area contributed by atoms with Gasteiger partial charge in [-0.2, -0.15) is 0 Å². The zero-order valence-corrected chi connectivity index (χ0v) is 12.8. The average Bonchev–Trinajstić information content (AvgIpc) is 3.28. The van der Waals surface area contributed by atoms with Crippen LogP contribution in [0.15, 0.2) is 15.4 Å². The maximum absolute atomic E-state index is 12.3. The van der Waals surface area contributed by atoms with Gasteiger partial charge in [-0.05, 0) is 32.1 Å². The first-order valence-corrected chi connectivity index (χ1v) is 8.83. The van der Waals surface area contributed by atoms with Gasteiger partial charge >= 0.3 is 0 Å². The molecule has 2 aliphatic carbocycles. The summed E-state index contributed by atoms with van der Waals surface area (Å²) in [6.45, 7) is 4.39. The summed E-state index contributed by atoms with van der Waals surface area (Å²) in [5, 5.41) is 3.33. The molecule has 1 aromatic rings. The molecule has 3 rings (SSSR count). The second-order valence-electron chi connectivity index (χ2n) is 5.92. The Labute approximate surface area is 120 Å². The van der Waals surface area contributed by atoms with E-state index in [1.165, 1.54) is 12.8 Å². The summed E-state index contributed by atoms with van der Waals surface area (Å²) in [5.41, 5.74) is 0. The predicted octanol–water partition coefficient (Wildman–Crippen LogP) is 1.92. The van der Waals surface area contributed by atoms with Crippen LogP contribution >= 0.6 is 0 Å². The highest BCUT2D eigenvalue weighted by Gasteiger charge is 2.39. The van der Waals surface area contributed by atoms with Crippen molar-refractivity contribution < 1.29 is 12.8 Å². The first kappa shape index (κ1) is 14.1. The Morgan fingerprint density at radius 3 is 2.75 bits per heavy atom. The molecular formula is C14H22N2O3S. The minimum Gasteiger partial charge on any atom is -0.464 e. The van der Waals surface area contributed by atoms with Crippen LogP contribution in [-0.2, 0) is 16.6 Å². The van der Waals surface area contributed by atoms with Crippen molar-refractivity contribution >= 4 is 10.0 Å². The van der Waals surface area contributed by atoms with Gasteiger partial charge in [0.25, 0.3) is 0 Å². The Kier molecular flexibility index (Phi) is 3.64. The zero-order valence-electron chi connectivity index (χ0n) is 12.0. The molecule has 2 aliphatic rings. The number of aryl methyl sites for hydroxylation is 1. The van der Waals surface area contributed by atoms with Crippen molar-refractivity contribution in [1.82, 2.24) is 10.0 Å². The van der Waals surface area contributed by atoms with E-state index < -0.39 is 10.0 Å². The summed E-state index contributed by atoms with van der Waals surface area (Å²) in [6.07, 6.45) is 4.37. The summed E-state index contributed by atoms with van der Waals surface area (Å²) >= 11 is 0. The van der Waals surface area contributed by atoms with Crippen molar-refractivity contribution in [2.24, 2.45) is 5.92 Å². The Morgan fingerprint density at radius 1 is 1.40 bits per heavy atom. The predicted molar refractivity (Wildman–Crippen MR) is 75.8 cm³/mol. The highest BCUT2D eigenvalue weighted by Crippen LogP contribution is 2.35. The van der Waals surface area contributed by atoms with Crippen molar-refractivity contribution in [3.05, 3.63) is 17.6 Å². The van der Waals surface area contributed by atoms with Gasteiger partial charge in [0.1, 0.15) is 16.4 Å². The number of hydrogen-bond donors (Lipinski definition) is 2. The Morgan fingerprint density at radius 2 is 2.15 bits per heavy atom. The molecule has 0 radical (unpaired) electrons. The third-order valence-electron chi connectivity index (χ3n) is 4.11. The lowest BCUT2D eigenvalue weighted by Gasteiger charge is -2.04. The number of hydrogen-bond acceptors (Lipinski definition) is 4. The molecule has 2 fully saturated rings. The summed E-state index contributed by atoms with van der Waals surface area (Å²) < 4.78 is 33.0. The standard InChI is InChI=1S/C14H22N2O3S/c1-3-10-6-13(10)16-20(17,18)14-7-12(19-9(14)2)8-15-11-4-5-11/h7,10-11,13,15-16H,3-6,8H2,1-2H3. The monoisotopic (exact) mass is 298 g/mol. The molecule has 0 aliphatic heterocycles. The molecule has 0 amide bonds. The molecule has 2 saturated carbocycles. The van der Waals surface area contributed by atoms with Crippen molar-refractivity contribution in [3.63, 3.8) is 0 Å². The lowest BCUT2D eigenvalue weighted by molar-refractivity contribution is 0.456.